The largest absolute Gasteiger partial charge is 0.497 e. The quantitative estimate of drug-likeness (QED) is 0.152. The Balaban J connectivity index is 1.98. The van der Waals surface area contributed by atoms with Gasteiger partial charge in [-0.05, 0) is 55.5 Å². The molecule has 0 heterocycles. The van der Waals surface area contributed by atoms with Gasteiger partial charge in [0.15, 0.2) is 0 Å². The number of amidine groups is 1. The van der Waals surface area contributed by atoms with E-state index in [0.717, 1.165) is 11.3 Å². The van der Waals surface area contributed by atoms with Crippen molar-refractivity contribution in [3.8, 4) is 23.6 Å². The molecular formula is C29H29N7O3. The van der Waals surface area contributed by atoms with Gasteiger partial charge in [0.2, 0.25) is 5.84 Å². The number of benzene rings is 3. The molecule has 3 rings (SSSR count). The van der Waals surface area contributed by atoms with Crippen molar-refractivity contribution in [2.45, 2.75) is 19.8 Å². The lowest BCUT2D eigenvalue weighted by molar-refractivity contribution is 0.0954. The summed E-state index contributed by atoms with van der Waals surface area (Å²) in [5.41, 5.74) is 5.86. The van der Waals surface area contributed by atoms with Crippen molar-refractivity contribution in [1.29, 1.82) is 10.5 Å². The number of nitrogens with one attached hydrogen (secondary N) is 1. The van der Waals surface area contributed by atoms with E-state index < -0.39 is 5.91 Å². The summed E-state index contributed by atoms with van der Waals surface area (Å²) in [5.74, 6) is 0.837. The first-order valence-corrected chi connectivity index (χ1v) is 12.2. The maximum atomic E-state index is 12.7. The van der Waals surface area contributed by atoms with Crippen LogP contribution >= 0.6 is 0 Å². The molecule has 3 aromatic carbocycles. The summed E-state index contributed by atoms with van der Waals surface area (Å²) in [6.07, 6.45) is 0.618. The average molecular weight is 524 g/mol. The number of anilines is 1. The van der Waals surface area contributed by atoms with Crippen LogP contribution < -0.4 is 19.8 Å². The molecule has 0 unspecified atom stereocenters. The molecular weight excluding hydrogens is 494 g/mol. The Hall–Kier alpha value is -5.22. The SMILES string of the molecule is COc1ccc(N=NC(=NNC(=O)c2ccc(C)cc2)c2ccc(N(CCC#N)CCC#N)cc2OC)cc1. The maximum absolute atomic E-state index is 12.7. The third-order valence-corrected chi connectivity index (χ3v) is 5.69. The molecule has 0 aliphatic heterocycles. The van der Waals surface area contributed by atoms with Crippen LogP contribution in [0.25, 0.3) is 0 Å². The van der Waals surface area contributed by atoms with Crippen LogP contribution in [-0.2, 0) is 0 Å². The average Bonchev–Trinajstić information content (AvgIpc) is 2.97. The van der Waals surface area contributed by atoms with Crippen LogP contribution in [0.15, 0.2) is 82.1 Å². The zero-order chi connectivity index (χ0) is 28.0. The number of hydrogen-bond donors (Lipinski definition) is 1. The van der Waals surface area contributed by atoms with Gasteiger partial charge >= 0.3 is 0 Å². The number of carbonyl (C=O) groups excluding carboxylic acids is 1. The number of amides is 1. The van der Waals surface area contributed by atoms with Crippen molar-refractivity contribution < 1.29 is 14.3 Å². The summed E-state index contributed by atoms with van der Waals surface area (Å²) in [6, 6.07) is 23.8. The van der Waals surface area contributed by atoms with Crippen LogP contribution in [0.2, 0.25) is 0 Å². The molecule has 0 spiro atoms. The second-order valence-corrected chi connectivity index (χ2v) is 8.33. The monoisotopic (exact) mass is 523 g/mol. The smallest absolute Gasteiger partial charge is 0.271 e. The topological polar surface area (TPSA) is 135 Å². The number of aryl methyl sites for hydroxylation is 1. The molecule has 0 saturated heterocycles. The first-order chi connectivity index (χ1) is 19.0. The minimum absolute atomic E-state index is 0.121. The second kappa shape index (κ2) is 14.5. The molecule has 3 aromatic rings. The second-order valence-electron chi connectivity index (χ2n) is 8.33. The van der Waals surface area contributed by atoms with E-state index in [9.17, 15) is 4.79 Å². The van der Waals surface area contributed by atoms with Gasteiger partial charge in [-0.15, -0.1) is 15.3 Å². The van der Waals surface area contributed by atoms with E-state index in [1.54, 1.807) is 55.6 Å². The predicted octanol–water partition coefficient (Wildman–Crippen LogP) is 5.52. The van der Waals surface area contributed by atoms with Crippen LogP contribution in [0, 0.1) is 29.6 Å². The van der Waals surface area contributed by atoms with Crippen molar-refractivity contribution >= 4 is 23.1 Å². The van der Waals surface area contributed by atoms with Gasteiger partial charge < -0.3 is 14.4 Å². The molecule has 0 fully saturated rings. The molecule has 0 saturated carbocycles. The Morgan fingerprint density at radius 1 is 0.923 bits per heavy atom. The van der Waals surface area contributed by atoms with Crippen molar-refractivity contribution in [1.82, 2.24) is 5.43 Å². The number of hydrogen-bond acceptors (Lipinski definition) is 8. The molecule has 0 bridgehead atoms. The summed E-state index contributed by atoms with van der Waals surface area (Å²) < 4.78 is 10.8. The van der Waals surface area contributed by atoms with Gasteiger partial charge in [0.05, 0.1) is 50.5 Å². The summed E-state index contributed by atoms with van der Waals surface area (Å²) in [5, 5.41) is 31.0. The Labute approximate surface area is 227 Å². The van der Waals surface area contributed by atoms with Crippen molar-refractivity contribution in [2.24, 2.45) is 15.3 Å². The number of hydrazone groups is 1. The standard InChI is InChI=1S/C29H29N7O3/c1-21-6-8-22(9-7-21)29(37)35-34-28(33-32-23-10-13-25(38-2)14-11-23)26-15-12-24(20-27(26)39-3)36(18-4-16-30)19-5-17-31/h6-15,20H,4-5,18-19H2,1-3H3,(H,35,37). The molecule has 1 amide bonds. The molecule has 10 nitrogen and oxygen atoms in total. The third-order valence-electron chi connectivity index (χ3n) is 5.69. The van der Waals surface area contributed by atoms with E-state index in [2.05, 4.69) is 32.9 Å². The highest BCUT2D eigenvalue weighted by Crippen LogP contribution is 2.28. The zero-order valence-electron chi connectivity index (χ0n) is 22.1. The molecule has 0 aromatic heterocycles. The molecule has 0 aliphatic carbocycles. The van der Waals surface area contributed by atoms with E-state index in [0.29, 0.717) is 54.2 Å². The summed E-state index contributed by atoms with van der Waals surface area (Å²) in [7, 11) is 3.09. The van der Waals surface area contributed by atoms with Crippen LogP contribution in [0.4, 0.5) is 11.4 Å². The summed E-state index contributed by atoms with van der Waals surface area (Å²) >= 11 is 0. The number of rotatable bonds is 11. The van der Waals surface area contributed by atoms with Gasteiger partial charge in [0.25, 0.3) is 5.91 Å². The first-order valence-electron chi connectivity index (χ1n) is 12.2. The van der Waals surface area contributed by atoms with Gasteiger partial charge in [0, 0.05) is 30.4 Å². The normalized spacial score (nSPS) is 10.9. The Bertz CT molecular complexity index is 1380. The van der Waals surface area contributed by atoms with Crippen LogP contribution in [0.1, 0.15) is 34.3 Å². The Morgan fingerprint density at radius 2 is 1.59 bits per heavy atom. The molecule has 39 heavy (non-hydrogen) atoms. The highest BCUT2D eigenvalue weighted by molar-refractivity contribution is 6.03. The van der Waals surface area contributed by atoms with E-state index in [1.165, 1.54) is 7.11 Å². The first kappa shape index (κ1) is 28.4. The fourth-order valence-electron chi connectivity index (χ4n) is 3.56. The van der Waals surface area contributed by atoms with Gasteiger partial charge in [0.1, 0.15) is 11.5 Å². The lowest BCUT2D eigenvalue weighted by Gasteiger charge is -2.23. The van der Waals surface area contributed by atoms with E-state index in [1.807, 2.05) is 30.0 Å². The number of carbonyl (C=O) groups is 1. The molecule has 0 aliphatic rings. The van der Waals surface area contributed by atoms with E-state index in [4.69, 9.17) is 20.0 Å². The lowest BCUT2D eigenvalue weighted by Crippen LogP contribution is -2.25. The maximum Gasteiger partial charge on any atom is 0.271 e. The number of nitrogens with zero attached hydrogens (tertiary/aromatic N) is 6. The Morgan fingerprint density at radius 3 is 2.18 bits per heavy atom. The third kappa shape index (κ3) is 8.14. The van der Waals surface area contributed by atoms with Crippen molar-refractivity contribution in [2.75, 3.05) is 32.2 Å². The minimum Gasteiger partial charge on any atom is -0.497 e. The predicted molar refractivity (Wildman–Crippen MR) is 148 cm³/mol. The minimum atomic E-state index is -0.401. The molecule has 10 heteroatoms. The van der Waals surface area contributed by atoms with Crippen LogP contribution in [0.5, 0.6) is 11.5 Å². The van der Waals surface area contributed by atoms with E-state index >= 15 is 0 Å². The van der Waals surface area contributed by atoms with E-state index in [-0.39, 0.29) is 5.84 Å². The lowest BCUT2D eigenvalue weighted by atomic mass is 10.1. The van der Waals surface area contributed by atoms with Gasteiger partial charge in [-0.1, -0.05) is 17.7 Å². The van der Waals surface area contributed by atoms with Crippen molar-refractivity contribution in [3.63, 3.8) is 0 Å². The number of nitriles is 2. The molecule has 0 radical (unpaired) electrons. The fourth-order valence-corrected chi connectivity index (χ4v) is 3.56. The molecule has 198 valence electrons. The van der Waals surface area contributed by atoms with Crippen molar-refractivity contribution in [3.05, 3.63) is 83.4 Å². The van der Waals surface area contributed by atoms with Gasteiger partial charge in [-0.25, -0.2) is 5.43 Å². The highest BCUT2D eigenvalue weighted by Gasteiger charge is 2.16. The number of ether oxygens (including phenoxy) is 2. The van der Waals surface area contributed by atoms with Crippen LogP contribution in [-0.4, -0.2) is 39.1 Å². The molecule has 1 N–H and O–H groups in total. The summed E-state index contributed by atoms with van der Waals surface area (Å²) in [6.45, 7) is 2.87. The highest BCUT2D eigenvalue weighted by atomic mass is 16.5. The summed E-state index contributed by atoms with van der Waals surface area (Å²) in [4.78, 5) is 14.7. The number of azo groups is 1. The van der Waals surface area contributed by atoms with Gasteiger partial charge in [-0.3, -0.25) is 4.79 Å². The van der Waals surface area contributed by atoms with Gasteiger partial charge in [-0.2, -0.15) is 10.5 Å². The number of methoxy groups -OCH3 is 2. The Kier molecular flexibility index (Phi) is 10.5. The fraction of sp³-hybridized carbons (Fsp3) is 0.241. The van der Waals surface area contributed by atoms with Crippen LogP contribution in [0.3, 0.4) is 0 Å². The molecule has 0 atom stereocenters. The zero-order valence-corrected chi connectivity index (χ0v) is 22.1.